The van der Waals surface area contributed by atoms with Gasteiger partial charge in [-0.3, -0.25) is 9.59 Å². The quantitative estimate of drug-likeness (QED) is 0.570. The van der Waals surface area contributed by atoms with E-state index in [2.05, 4.69) is 5.32 Å². The van der Waals surface area contributed by atoms with Crippen molar-refractivity contribution >= 4 is 11.8 Å². The molecule has 2 fully saturated rings. The van der Waals surface area contributed by atoms with E-state index in [1.165, 1.54) is 6.42 Å². The van der Waals surface area contributed by atoms with Crippen molar-refractivity contribution in [2.45, 2.75) is 49.7 Å². The molecule has 0 unspecified atom stereocenters. The Morgan fingerprint density at radius 1 is 0.750 bits per heavy atom. The van der Waals surface area contributed by atoms with Crippen LogP contribution in [0.25, 0.3) is 0 Å². The number of hydrogen-bond acceptors (Lipinski definition) is 2. The highest BCUT2D eigenvalue weighted by molar-refractivity contribution is 6.05. The fraction of sp³-hybridized carbons (Fsp3) is 0.286. The van der Waals surface area contributed by atoms with Crippen LogP contribution in [0, 0.1) is 0 Å². The van der Waals surface area contributed by atoms with Gasteiger partial charge in [-0.05, 0) is 36.1 Å². The fourth-order valence-corrected chi connectivity index (χ4v) is 5.21. The van der Waals surface area contributed by atoms with E-state index in [1.807, 2.05) is 91.0 Å². The summed E-state index contributed by atoms with van der Waals surface area (Å²) < 4.78 is 0. The van der Waals surface area contributed by atoms with Gasteiger partial charge in [0.2, 0.25) is 0 Å². The Morgan fingerprint density at radius 3 is 1.94 bits per heavy atom. The second kappa shape index (κ2) is 8.62. The Kier molecular flexibility index (Phi) is 5.52. The lowest BCUT2D eigenvalue weighted by Crippen LogP contribution is -2.45. The molecule has 4 heteroatoms. The van der Waals surface area contributed by atoms with Crippen LogP contribution < -0.4 is 5.32 Å². The zero-order chi connectivity index (χ0) is 22.0. The van der Waals surface area contributed by atoms with Crippen LogP contribution in [0.2, 0.25) is 0 Å². The topological polar surface area (TPSA) is 49.2 Å². The first-order valence-electron chi connectivity index (χ1n) is 11.5. The summed E-state index contributed by atoms with van der Waals surface area (Å²) in [6, 6.07) is 28.7. The van der Waals surface area contributed by atoms with Gasteiger partial charge in [0, 0.05) is 11.6 Å². The van der Waals surface area contributed by atoms with Gasteiger partial charge in [0.1, 0.15) is 0 Å². The maximum absolute atomic E-state index is 14.0. The van der Waals surface area contributed by atoms with Crippen LogP contribution in [-0.4, -0.2) is 22.8 Å². The van der Waals surface area contributed by atoms with E-state index in [4.69, 9.17) is 0 Å². The molecule has 2 aliphatic rings. The molecule has 0 aromatic heterocycles. The van der Waals surface area contributed by atoms with E-state index in [1.54, 1.807) is 4.90 Å². The summed E-state index contributed by atoms with van der Waals surface area (Å²) in [5.74, 6) is -0.198. The average Bonchev–Trinajstić information content (AvgIpc) is 3.57. The van der Waals surface area contributed by atoms with Crippen molar-refractivity contribution in [3.8, 4) is 0 Å². The van der Waals surface area contributed by atoms with Crippen molar-refractivity contribution in [3.05, 3.63) is 108 Å². The molecule has 162 valence electrons. The minimum atomic E-state index is -1.05. The van der Waals surface area contributed by atoms with Gasteiger partial charge in [-0.25, -0.2) is 0 Å². The van der Waals surface area contributed by atoms with Crippen LogP contribution in [0.4, 0.5) is 0 Å². The molecule has 1 heterocycles. The van der Waals surface area contributed by atoms with Crippen molar-refractivity contribution in [2.24, 2.45) is 0 Å². The molecule has 4 nitrogen and oxygen atoms in total. The third-order valence-electron chi connectivity index (χ3n) is 6.82. The van der Waals surface area contributed by atoms with E-state index >= 15 is 0 Å². The summed E-state index contributed by atoms with van der Waals surface area (Å²) in [6.45, 7) is 0. The third kappa shape index (κ3) is 3.50. The smallest absolute Gasteiger partial charge is 0.255 e. The molecule has 3 aromatic carbocycles. The number of carbonyl (C=O) groups is 2. The van der Waals surface area contributed by atoms with E-state index in [-0.39, 0.29) is 23.9 Å². The Bertz CT molecular complexity index is 1080. The van der Waals surface area contributed by atoms with E-state index < -0.39 is 5.54 Å². The van der Waals surface area contributed by atoms with Gasteiger partial charge in [-0.15, -0.1) is 0 Å². The SMILES string of the molecule is O=C(c1ccccc1)N1[C@H](c2ccccc2)[C@]1(C(=O)NC1CCCCC1)c1ccccc1. The van der Waals surface area contributed by atoms with Gasteiger partial charge in [0.05, 0.1) is 6.04 Å². The lowest BCUT2D eigenvalue weighted by atomic mass is 9.89. The molecule has 0 bridgehead atoms. The first-order valence-corrected chi connectivity index (χ1v) is 11.5. The minimum Gasteiger partial charge on any atom is -0.351 e. The normalized spacial score (nSPS) is 22.9. The summed E-state index contributed by atoms with van der Waals surface area (Å²) in [4.78, 5) is 29.5. The monoisotopic (exact) mass is 424 g/mol. The molecule has 2 amide bonds. The number of amides is 2. The van der Waals surface area contributed by atoms with Gasteiger partial charge in [0.15, 0.2) is 5.54 Å². The van der Waals surface area contributed by atoms with Crippen molar-refractivity contribution in [2.75, 3.05) is 0 Å². The molecule has 2 atom stereocenters. The van der Waals surface area contributed by atoms with E-state index in [0.717, 1.165) is 36.8 Å². The van der Waals surface area contributed by atoms with Crippen molar-refractivity contribution in [1.29, 1.82) is 0 Å². The van der Waals surface area contributed by atoms with E-state index in [9.17, 15) is 9.59 Å². The molecule has 1 saturated heterocycles. The highest BCUT2D eigenvalue weighted by atomic mass is 16.2. The van der Waals surface area contributed by atoms with Crippen LogP contribution in [0.3, 0.4) is 0 Å². The summed E-state index contributed by atoms with van der Waals surface area (Å²) in [5, 5.41) is 3.32. The first kappa shape index (κ1) is 20.5. The zero-order valence-electron chi connectivity index (χ0n) is 18.1. The second-order valence-electron chi connectivity index (χ2n) is 8.80. The maximum Gasteiger partial charge on any atom is 0.255 e. The summed E-state index contributed by atoms with van der Waals surface area (Å²) in [5.41, 5.74) is 1.37. The van der Waals surface area contributed by atoms with Crippen LogP contribution in [0.1, 0.15) is 59.6 Å². The molecular weight excluding hydrogens is 396 g/mol. The number of nitrogens with one attached hydrogen (secondary N) is 1. The number of carbonyl (C=O) groups excluding carboxylic acids is 2. The summed E-state index contributed by atoms with van der Waals surface area (Å²) in [7, 11) is 0. The van der Waals surface area contributed by atoms with Crippen molar-refractivity contribution in [3.63, 3.8) is 0 Å². The molecular formula is C28H28N2O2. The van der Waals surface area contributed by atoms with Crippen LogP contribution in [0.15, 0.2) is 91.0 Å². The summed E-state index contributed by atoms with van der Waals surface area (Å²) >= 11 is 0. The molecule has 1 aliphatic carbocycles. The lowest BCUT2D eigenvalue weighted by Gasteiger charge is -2.26. The molecule has 32 heavy (non-hydrogen) atoms. The Hall–Kier alpha value is -3.40. The minimum absolute atomic E-state index is 0.0752. The first-order chi connectivity index (χ1) is 15.7. The Balaban J connectivity index is 1.60. The highest BCUT2D eigenvalue weighted by Crippen LogP contribution is 2.61. The molecule has 1 aliphatic heterocycles. The highest BCUT2D eigenvalue weighted by Gasteiger charge is 2.71. The lowest BCUT2D eigenvalue weighted by molar-refractivity contribution is -0.125. The number of rotatable bonds is 5. The zero-order valence-corrected chi connectivity index (χ0v) is 18.1. The number of nitrogens with zero attached hydrogens (tertiary/aromatic N) is 1. The number of hydrogen-bond donors (Lipinski definition) is 1. The predicted octanol–water partition coefficient (Wildman–Crippen LogP) is 5.23. The average molecular weight is 425 g/mol. The van der Waals surface area contributed by atoms with Gasteiger partial charge < -0.3 is 10.2 Å². The van der Waals surface area contributed by atoms with Crippen LogP contribution in [0.5, 0.6) is 0 Å². The van der Waals surface area contributed by atoms with Gasteiger partial charge in [-0.2, -0.15) is 0 Å². The summed E-state index contributed by atoms with van der Waals surface area (Å²) in [6.07, 6.45) is 5.50. The molecule has 0 radical (unpaired) electrons. The molecule has 1 N–H and O–H groups in total. The van der Waals surface area contributed by atoms with Gasteiger partial charge >= 0.3 is 0 Å². The molecule has 5 rings (SSSR count). The Morgan fingerprint density at radius 2 is 1.31 bits per heavy atom. The second-order valence-corrected chi connectivity index (χ2v) is 8.80. The van der Waals surface area contributed by atoms with Gasteiger partial charge in [-0.1, -0.05) is 98.1 Å². The van der Waals surface area contributed by atoms with Crippen LogP contribution in [-0.2, 0) is 10.3 Å². The van der Waals surface area contributed by atoms with Crippen LogP contribution >= 0.6 is 0 Å². The van der Waals surface area contributed by atoms with Gasteiger partial charge in [0.25, 0.3) is 11.8 Å². The molecule has 3 aromatic rings. The third-order valence-corrected chi connectivity index (χ3v) is 6.82. The Labute approximate surface area is 189 Å². The fourth-order valence-electron chi connectivity index (χ4n) is 5.21. The standard InChI is InChI=1S/C28H28N2O2/c31-26(22-15-7-2-8-16-22)30-25(21-13-5-1-6-14-21)28(30,23-17-9-3-10-18-23)27(32)29-24-19-11-4-12-20-24/h1-3,5-10,13-18,24-25H,4,11-12,19-20H2,(H,29,32)/t25-,28+,30?/m1/s1. The van der Waals surface area contributed by atoms with E-state index in [0.29, 0.717) is 5.56 Å². The largest absolute Gasteiger partial charge is 0.351 e. The maximum atomic E-state index is 14.0. The molecule has 1 saturated carbocycles. The predicted molar refractivity (Wildman–Crippen MR) is 125 cm³/mol. The number of benzene rings is 3. The molecule has 0 spiro atoms. The van der Waals surface area contributed by atoms with Crippen molar-refractivity contribution < 1.29 is 9.59 Å². The van der Waals surface area contributed by atoms with Crippen molar-refractivity contribution in [1.82, 2.24) is 10.2 Å².